The zero-order valence-electron chi connectivity index (χ0n) is 7.70. The van der Waals surface area contributed by atoms with E-state index < -0.39 is 11.6 Å². The normalized spacial score (nSPS) is 14.8. The highest BCUT2D eigenvalue weighted by Gasteiger charge is 2.35. The largest absolute Gasteiger partial charge is 0.479 e. The first-order valence-corrected chi connectivity index (χ1v) is 4.60. The van der Waals surface area contributed by atoms with E-state index in [0.29, 0.717) is 10.6 Å². The minimum Gasteiger partial charge on any atom is -0.479 e. The van der Waals surface area contributed by atoms with Crippen molar-refractivity contribution in [3.05, 3.63) is 34.9 Å². The van der Waals surface area contributed by atoms with Crippen LogP contribution in [0.4, 0.5) is 0 Å². The van der Waals surface area contributed by atoms with Crippen LogP contribution in [0, 0.1) is 0 Å². The maximum Gasteiger partial charge on any atom is 0.340 e. The van der Waals surface area contributed by atoms with Crippen LogP contribution in [0.3, 0.4) is 0 Å². The Kier molecular flexibility index (Phi) is 3.13. The SMILES string of the molecule is CCC(O)(C(=O)O)c1ccc(Cl)cc1. The fraction of sp³-hybridized carbons (Fsp3) is 0.300. The van der Waals surface area contributed by atoms with Crippen LogP contribution in [0.25, 0.3) is 0 Å². The fourth-order valence-electron chi connectivity index (χ4n) is 1.20. The van der Waals surface area contributed by atoms with Crippen molar-refractivity contribution in [3.63, 3.8) is 0 Å². The zero-order valence-corrected chi connectivity index (χ0v) is 8.45. The number of rotatable bonds is 3. The number of carboxylic acids is 1. The Balaban J connectivity index is 3.13. The second kappa shape index (κ2) is 3.98. The maximum atomic E-state index is 10.9. The van der Waals surface area contributed by atoms with Gasteiger partial charge < -0.3 is 10.2 Å². The van der Waals surface area contributed by atoms with Crippen molar-refractivity contribution in [2.45, 2.75) is 18.9 Å². The second-order valence-corrected chi connectivity index (χ2v) is 3.46. The summed E-state index contributed by atoms with van der Waals surface area (Å²) in [6.07, 6.45) is 0.115. The van der Waals surface area contributed by atoms with Crippen LogP contribution < -0.4 is 0 Å². The number of aliphatic hydroxyl groups is 1. The van der Waals surface area contributed by atoms with Gasteiger partial charge in [-0.3, -0.25) is 0 Å². The van der Waals surface area contributed by atoms with E-state index in [2.05, 4.69) is 0 Å². The van der Waals surface area contributed by atoms with Gasteiger partial charge >= 0.3 is 5.97 Å². The molecule has 2 N–H and O–H groups in total. The number of carboxylic acid groups (broad SMARTS) is 1. The molecule has 4 heteroatoms. The summed E-state index contributed by atoms with van der Waals surface area (Å²) in [6, 6.07) is 6.14. The molecule has 76 valence electrons. The number of hydrogen-bond donors (Lipinski definition) is 2. The van der Waals surface area contributed by atoms with E-state index in [1.165, 1.54) is 12.1 Å². The highest BCUT2D eigenvalue weighted by atomic mass is 35.5. The van der Waals surface area contributed by atoms with Gasteiger partial charge in [0.2, 0.25) is 0 Å². The summed E-state index contributed by atoms with van der Waals surface area (Å²) in [5.74, 6) is -1.25. The summed E-state index contributed by atoms with van der Waals surface area (Å²) >= 11 is 5.66. The zero-order chi connectivity index (χ0) is 10.8. The Hall–Kier alpha value is -1.06. The van der Waals surface area contributed by atoms with Gasteiger partial charge in [0.1, 0.15) is 0 Å². The molecule has 1 rings (SSSR count). The first-order chi connectivity index (χ1) is 6.50. The predicted octanol–water partition coefficient (Wildman–Crippen LogP) is 2.02. The number of halogens is 1. The third-order valence-electron chi connectivity index (χ3n) is 2.19. The molecule has 0 aliphatic heterocycles. The molecule has 0 spiro atoms. The van der Waals surface area contributed by atoms with Crippen molar-refractivity contribution in [2.24, 2.45) is 0 Å². The van der Waals surface area contributed by atoms with Gasteiger partial charge in [0, 0.05) is 5.02 Å². The lowest BCUT2D eigenvalue weighted by molar-refractivity contribution is -0.160. The molecule has 0 aliphatic carbocycles. The molecule has 1 aromatic carbocycles. The van der Waals surface area contributed by atoms with Crippen LogP contribution in [0.5, 0.6) is 0 Å². The molecule has 0 fully saturated rings. The van der Waals surface area contributed by atoms with Gasteiger partial charge in [-0.05, 0) is 24.1 Å². The van der Waals surface area contributed by atoms with Crippen LogP contribution in [-0.4, -0.2) is 16.2 Å². The standard InChI is InChI=1S/C10H11ClO3/c1-2-10(14,9(12)13)7-3-5-8(11)6-4-7/h3-6,14H,2H2,1H3,(H,12,13). The molecule has 0 aromatic heterocycles. The lowest BCUT2D eigenvalue weighted by Crippen LogP contribution is -2.34. The van der Waals surface area contributed by atoms with Crippen molar-refractivity contribution in [1.82, 2.24) is 0 Å². The van der Waals surface area contributed by atoms with Crippen molar-refractivity contribution in [2.75, 3.05) is 0 Å². The van der Waals surface area contributed by atoms with Gasteiger partial charge in [0.05, 0.1) is 0 Å². The summed E-state index contributed by atoms with van der Waals surface area (Å²) in [7, 11) is 0. The van der Waals surface area contributed by atoms with Crippen LogP contribution in [0.15, 0.2) is 24.3 Å². The average Bonchev–Trinajstić information content (AvgIpc) is 2.17. The Morgan fingerprint density at radius 2 is 1.93 bits per heavy atom. The molecule has 1 unspecified atom stereocenters. The molecule has 0 radical (unpaired) electrons. The van der Waals surface area contributed by atoms with Crippen molar-refractivity contribution in [1.29, 1.82) is 0 Å². The third-order valence-corrected chi connectivity index (χ3v) is 2.44. The molecule has 0 saturated heterocycles. The van der Waals surface area contributed by atoms with E-state index in [0.717, 1.165) is 0 Å². The van der Waals surface area contributed by atoms with E-state index in [1.807, 2.05) is 0 Å². The van der Waals surface area contributed by atoms with Crippen LogP contribution in [-0.2, 0) is 10.4 Å². The highest BCUT2D eigenvalue weighted by molar-refractivity contribution is 6.30. The summed E-state index contributed by atoms with van der Waals surface area (Å²) in [5, 5.41) is 19.2. The summed E-state index contributed by atoms with van der Waals surface area (Å²) < 4.78 is 0. The van der Waals surface area contributed by atoms with Gasteiger partial charge in [-0.1, -0.05) is 30.7 Å². The number of hydrogen-bond acceptors (Lipinski definition) is 2. The lowest BCUT2D eigenvalue weighted by Gasteiger charge is -2.21. The van der Waals surface area contributed by atoms with Crippen LogP contribution >= 0.6 is 11.6 Å². The molecular weight excluding hydrogens is 204 g/mol. The third kappa shape index (κ3) is 1.89. The molecule has 0 bridgehead atoms. The van der Waals surface area contributed by atoms with Gasteiger partial charge in [0.15, 0.2) is 5.60 Å². The summed E-state index contributed by atoms with van der Waals surface area (Å²) in [5.41, 5.74) is -1.47. The van der Waals surface area contributed by atoms with E-state index in [9.17, 15) is 9.90 Å². The Bertz CT molecular complexity index is 334. The predicted molar refractivity (Wildman–Crippen MR) is 53.3 cm³/mol. The second-order valence-electron chi connectivity index (χ2n) is 3.03. The smallest absolute Gasteiger partial charge is 0.340 e. The molecule has 1 aromatic rings. The van der Waals surface area contributed by atoms with Gasteiger partial charge in [-0.2, -0.15) is 0 Å². The summed E-state index contributed by atoms with van der Waals surface area (Å²) in [6.45, 7) is 1.61. The van der Waals surface area contributed by atoms with Crippen molar-refractivity contribution >= 4 is 17.6 Å². The minimum atomic E-state index is -1.81. The van der Waals surface area contributed by atoms with Crippen molar-refractivity contribution in [3.8, 4) is 0 Å². The van der Waals surface area contributed by atoms with Crippen LogP contribution in [0.2, 0.25) is 5.02 Å². The van der Waals surface area contributed by atoms with Crippen LogP contribution in [0.1, 0.15) is 18.9 Å². The Morgan fingerprint density at radius 3 is 2.29 bits per heavy atom. The number of benzene rings is 1. The average molecular weight is 215 g/mol. The quantitative estimate of drug-likeness (QED) is 0.810. The van der Waals surface area contributed by atoms with Crippen molar-refractivity contribution < 1.29 is 15.0 Å². The summed E-state index contributed by atoms with van der Waals surface area (Å²) in [4.78, 5) is 10.9. The molecule has 3 nitrogen and oxygen atoms in total. The Labute approximate surface area is 86.9 Å². The minimum absolute atomic E-state index is 0.115. The van der Waals surface area contributed by atoms with E-state index in [1.54, 1.807) is 19.1 Å². The van der Waals surface area contributed by atoms with Gasteiger partial charge in [-0.15, -0.1) is 0 Å². The highest BCUT2D eigenvalue weighted by Crippen LogP contribution is 2.26. The molecule has 1 atom stereocenters. The maximum absolute atomic E-state index is 10.9. The first kappa shape index (κ1) is 11.0. The molecule has 0 heterocycles. The van der Waals surface area contributed by atoms with E-state index in [4.69, 9.17) is 16.7 Å². The molecule has 0 aliphatic rings. The van der Waals surface area contributed by atoms with Gasteiger partial charge in [-0.25, -0.2) is 4.79 Å². The monoisotopic (exact) mass is 214 g/mol. The molecule has 0 saturated carbocycles. The first-order valence-electron chi connectivity index (χ1n) is 4.22. The topological polar surface area (TPSA) is 57.5 Å². The van der Waals surface area contributed by atoms with Gasteiger partial charge in [0.25, 0.3) is 0 Å². The molecular formula is C10H11ClO3. The number of aliphatic carboxylic acids is 1. The van der Waals surface area contributed by atoms with E-state index in [-0.39, 0.29) is 6.42 Å². The molecule has 14 heavy (non-hydrogen) atoms. The number of carbonyl (C=O) groups is 1. The Morgan fingerprint density at radius 1 is 1.43 bits per heavy atom. The molecule has 0 amide bonds. The van der Waals surface area contributed by atoms with E-state index >= 15 is 0 Å². The lowest BCUT2D eigenvalue weighted by atomic mass is 9.91. The fourth-order valence-corrected chi connectivity index (χ4v) is 1.33.